The van der Waals surface area contributed by atoms with E-state index in [1.165, 1.54) is 48.8 Å². The van der Waals surface area contributed by atoms with E-state index >= 15 is 0 Å². The van der Waals surface area contributed by atoms with Gasteiger partial charge in [0, 0.05) is 12.0 Å². The minimum absolute atomic E-state index is 0.273. The Kier molecular flexibility index (Phi) is 2.56. The summed E-state index contributed by atoms with van der Waals surface area (Å²) in [6, 6.07) is 9.00. The Morgan fingerprint density at radius 3 is 2.81 bits per heavy atom. The summed E-state index contributed by atoms with van der Waals surface area (Å²) in [5.74, 6) is 0.584. The number of allylic oxidation sites excluding steroid dienone is 1. The molecule has 16 heavy (non-hydrogen) atoms. The van der Waals surface area contributed by atoms with E-state index in [2.05, 4.69) is 30.3 Å². The number of hydrogen-bond acceptors (Lipinski definition) is 1. The van der Waals surface area contributed by atoms with E-state index in [1.807, 2.05) is 0 Å². The van der Waals surface area contributed by atoms with E-state index < -0.39 is 0 Å². The highest BCUT2D eigenvalue weighted by Crippen LogP contribution is 2.39. The highest BCUT2D eigenvalue weighted by atomic mass is 14.7. The summed E-state index contributed by atoms with van der Waals surface area (Å²) in [5, 5.41) is 0. The van der Waals surface area contributed by atoms with Crippen LogP contribution in [0.2, 0.25) is 0 Å². The third kappa shape index (κ3) is 1.60. The van der Waals surface area contributed by atoms with E-state index in [-0.39, 0.29) is 6.04 Å². The fourth-order valence-corrected chi connectivity index (χ4v) is 3.04. The Hall–Kier alpha value is -1.08. The predicted octanol–water partition coefficient (Wildman–Crippen LogP) is 3.15. The lowest BCUT2D eigenvalue weighted by Crippen LogP contribution is -2.37. The van der Waals surface area contributed by atoms with Crippen LogP contribution in [0.1, 0.15) is 42.7 Å². The molecule has 0 amide bonds. The molecule has 2 unspecified atom stereocenters. The highest BCUT2D eigenvalue weighted by molar-refractivity contribution is 5.43. The maximum absolute atomic E-state index is 6.40. The van der Waals surface area contributed by atoms with E-state index in [0.29, 0.717) is 5.92 Å². The molecule has 0 saturated heterocycles. The van der Waals surface area contributed by atoms with Crippen LogP contribution in [-0.2, 0) is 6.42 Å². The maximum atomic E-state index is 6.40. The van der Waals surface area contributed by atoms with Crippen molar-refractivity contribution in [1.82, 2.24) is 0 Å². The summed E-state index contributed by atoms with van der Waals surface area (Å²) < 4.78 is 0. The van der Waals surface area contributed by atoms with Gasteiger partial charge < -0.3 is 5.73 Å². The molecule has 0 saturated carbocycles. The van der Waals surface area contributed by atoms with E-state index in [4.69, 9.17) is 5.73 Å². The lowest BCUT2D eigenvalue weighted by Gasteiger charge is -2.36. The van der Waals surface area contributed by atoms with Gasteiger partial charge in [-0.2, -0.15) is 0 Å². The number of fused-ring (bicyclic) bond motifs is 1. The SMILES string of the molecule is NC(C1=CCCCC1)C1Cc2ccccc21. The van der Waals surface area contributed by atoms with Gasteiger partial charge in [-0.25, -0.2) is 0 Å². The average Bonchev–Trinajstić information content (AvgIpc) is 2.32. The Bertz CT molecular complexity index is 419. The molecule has 1 heteroatoms. The monoisotopic (exact) mass is 213 g/mol. The van der Waals surface area contributed by atoms with Gasteiger partial charge in [-0.1, -0.05) is 35.9 Å². The predicted molar refractivity (Wildman–Crippen MR) is 67.4 cm³/mol. The summed E-state index contributed by atoms with van der Waals surface area (Å²) in [5.41, 5.74) is 10.9. The Morgan fingerprint density at radius 2 is 2.06 bits per heavy atom. The fraction of sp³-hybridized carbons (Fsp3) is 0.467. The van der Waals surface area contributed by atoms with Crippen LogP contribution in [0, 0.1) is 0 Å². The van der Waals surface area contributed by atoms with Crippen molar-refractivity contribution < 1.29 is 0 Å². The Morgan fingerprint density at radius 1 is 1.19 bits per heavy atom. The van der Waals surface area contributed by atoms with Crippen LogP contribution >= 0.6 is 0 Å². The molecule has 0 bridgehead atoms. The molecule has 0 radical (unpaired) electrons. The van der Waals surface area contributed by atoms with Crippen LogP contribution in [0.25, 0.3) is 0 Å². The lowest BCUT2D eigenvalue weighted by atomic mass is 9.71. The third-order valence-corrected chi connectivity index (χ3v) is 4.08. The van der Waals surface area contributed by atoms with Gasteiger partial charge >= 0.3 is 0 Å². The van der Waals surface area contributed by atoms with Crippen LogP contribution < -0.4 is 5.73 Å². The fourth-order valence-electron chi connectivity index (χ4n) is 3.04. The highest BCUT2D eigenvalue weighted by Gasteiger charge is 2.32. The number of hydrogen-bond donors (Lipinski definition) is 1. The van der Waals surface area contributed by atoms with Gasteiger partial charge in [0.1, 0.15) is 0 Å². The van der Waals surface area contributed by atoms with Crippen LogP contribution in [0.5, 0.6) is 0 Å². The summed E-state index contributed by atoms with van der Waals surface area (Å²) >= 11 is 0. The van der Waals surface area contributed by atoms with Crippen molar-refractivity contribution in [2.75, 3.05) is 0 Å². The minimum Gasteiger partial charge on any atom is -0.324 e. The van der Waals surface area contributed by atoms with Gasteiger partial charge in [0.05, 0.1) is 0 Å². The largest absolute Gasteiger partial charge is 0.324 e. The van der Waals surface area contributed by atoms with Crippen molar-refractivity contribution in [3.05, 3.63) is 47.0 Å². The van der Waals surface area contributed by atoms with Gasteiger partial charge in [-0.3, -0.25) is 0 Å². The molecule has 0 spiro atoms. The number of rotatable bonds is 2. The molecule has 2 aliphatic carbocycles. The normalized spacial score (nSPS) is 25.3. The van der Waals surface area contributed by atoms with Crippen LogP contribution in [0.15, 0.2) is 35.9 Å². The zero-order valence-electron chi connectivity index (χ0n) is 9.65. The van der Waals surface area contributed by atoms with Crippen molar-refractivity contribution in [3.63, 3.8) is 0 Å². The van der Waals surface area contributed by atoms with E-state index in [0.717, 1.165) is 0 Å². The summed E-state index contributed by atoms with van der Waals surface area (Å²) in [4.78, 5) is 0. The molecule has 0 fully saturated rings. The zero-order chi connectivity index (χ0) is 11.0. The van der Waals surface area contributed by atoms with Gasteiger partial charge in [0.2, 0.25) is 0 Å². The summed E-state index contributed by atoms with van der Waals surface area (Å²) in [7, 11) is 0. The van der Waals surface area contributed by atoms with Gasteiger partial charge in [0.25, 0.3) is 0 Å². The molecule has 3 rings (SSSR count). The van der Waals surface area contributed by atoms with Gasteiger partial charge in [-0.05, 0) is 43.2 Å². The van der Waals surface area contributed by atoms with Crippen LogP contribution in [0.3, 0.4) is 0 Å². The molecule has 2 atom stereocenters. The first-order valence-electron chi connectivity index (χ1n) is 6.38. The van der Waals surface area contributed by atoms with E-state index in [9.17, 15) is 0 Å². The van der Waals surface area contributed by atoms with Crippen LogP contribution in [0.4, 0.5) is 0 Å². The molecule has 0 aromatic heterocycles. The molecule has 84 valence electrons. The number of benzene rings is 1. The topological polar surface area (TPSA) is 26.0 Å². The second-order valence-electron chi connectivity index (χ2n) is 5.06. The van der Waals surface area contributed by atoms with E-state index in [1.54, 1.807) is 0 Å². The second kappa shape index (κ2) is 4.06. The smallest absolute Gasteiger partial charge is 0.0326 e. The summed E-state index contributed by atoms with van der Waals surface area (Å²) in [6.45, 7) is 0. The Balaban J connectivity index is 1.78. The van der Waals surface area contributed by atoms with Crippen molar-refractivity contribution in [2.24, 2.45) is 5.73 Å². The first-order chi connectivity index (χ1) is 7.86. The zero-order valence-corrected chi connectivity index (χ0v) is 9.65. The van der Waals surface area contributed by atoms with Gasteiger partial charge in [0.15, 0.2) is 0 Å². The summed E-state index contributed by atoms with van der Waals surface area (Å²) in [6.07, 6.45) is 8.69. The van der Waals surface area contributed by atoms with Crippen molar-refractivity contribution in [2.45, 2.75) is 44.1 Å². The first kappa shape index (κ1) is 10.1. The average molecular weight is 213 g/mol. The van der Waals surface area contributed by atoms with Crippen molar-refractivity contribution in [3.8, 4) is 0 Å². The molecule has 2 N–H and O–H groups in total. The molecular formula is C15H19N. The van der Waals surface area contributed by atoms with Crippen molar-refractivity contribution >= 4 is 0 Å². The van der Waals surface area contributed by atoms with Crippen molar-refractivity contribution in [1.29, 1.82) is 0 Å². The number of nitrogens with two attached hydrogens (primary N) is 1. The van der Waals surface area contributed by atoms with Crippen LogP contribution in [-0.4, -0.2) is 6.04 Å². The molecule has 1 aromatic carbocycles. The molecule has 2 aliphatic rings. The third-order valence-electron chi connectivity index (χ3n) is 4.08. The van der Waals surface area contributed by atoms with Gasteiger partial charge in [-0.15, -0.1) is 0 Å². The molecular weight excluding hydrogens is 194 g/mol. The lowest BCUT2D eigenvalue weighted by molar-refractivity contribution is 0.502. The maximum Gasteiger partial charge on any atom is 0.0326 e. The molecule has 0 aliphatic heterocycles. The second-order valence-corrected chi connectivity index (χ2v) is 5.06. The standard InChI is InChI=1S/C15H19N/c16-15(11-6-2-1-3-7-11)14-10-12-8-4-5-9-13(12)14/h4-6,8-9,14-15H,1-3,7,10,16H2. The molecule has 0 heterocycles. The minimum atomic E-state index is 0.273. The molecule has 1 aromatic rings. The Labute approximate surface area is 97.4 Å². The first-order valence-corrected chi connectivity index (χ1v) is 6.38. The molecule has 1 nitrogen and oxygen atoms in total. The quantitative estimate of drug-likeness (QED) is 0.750.